The van der Waals surface area contributed by atoms with Crippen molar-refractivity contribution in [2.24, 2.45) is 0 Å². The van der Waals surface area contributed by atoms with Crippen LogP contribution < -0.4 is 9.47 Å². The van der Waals surface area contributed by atoms with E-state index in [1.807, 2.05) is 67.6 Å². The van der Waals surface area contributed by atoms with Gasteiger partial charge in [0, 0.05) is 13.6 Å². The topological polar surface area (TPSA) is 65.1 Å². The fraction of sp³-hybridized carbons (Fsp3) is 0.280. The highest BCUT2D eigenvalue weighted by Crippen LogP contribution is 2.22. The zero-order valence-electron chi connectivity index (χ0n) is 18.1. The van der Waals surface area contributed by atoms with Crippen molar-refractivity contribution in [3.05, 3.63) is 71.8 Å². The van der Waals surface area contributed by atoms with E-state index in [1.165, 1.54) is 0 Å². The van der Waals surface area contributed by atoms with E-state index in [9.17, 15) is 9.59 Å². The van der Waals surface area contributed by atoms with Gasteiger partial charge in [-0.1, -0.05) is 36.4 Å². The van der Waals surface area contributed by atoms with Gasteiger partial charge < -0.3 is 19.1 Å². The average Bonchev–Trinajstić information content (AvgIpc) is 2.78. The summed E-state index contributed by atoms with van der Waals surface area (Å²) < 4.78 is 15.9. The van der Waals surface area contributed by atoms with Crippen LogP contribution in [0.2, 0.25) is 0 Å². The Morgan fingerprint density at radius 3 is 2.48 bits per heavy atom. The second-order valence-corrected chi connectivity index (χ2v) is 7.32. The Hall–Kier alpha value is -3.54. The van der Waals surface area contributed by atoms with Crippen molar-refractivity contribution in [1.82, 2.24) is 4.90 Å². The van der Waals surface area contributed by atoms with Gasteiger partial charge in [-0.15, -0.1) is 0 Å². The van der Waals surface area contributed by atoms with Gasteiger partial charge in [-0.2, -0.15) is 0 Å². The second kappa shape index (κ2) is 10.5. The molecule has 0 aromatic heterocycles. The van der Waals surface area contributed by atoms with E-state index >= 15 is 0 Å². The maximum atomic E-state index is 12.3. The zero-order chi connectivity index (χ0) is 22.2. The number of nitrogens with zero attached hydrogens (tertiary/aromatic N) is 1. The molecule has 31 heavy (non-hydrogen) atoms. The molecule has 3 rings (SSSR count). The van der Waals surface area contributed by atoms with E-state index in [0.717, 1.165) is 33.4 Å². The first-order chi connectivity index (χ1) is 15.0. The standard InChI is InChI=1S/C25H27NO5/c1-18-6-4-5-7-23(18)30-13-12-25(28)31-17-24(27)26(2)16-19-8-9-21-15-22(29-3)11-10-20(21)14-19/h4-11,14-15H,12-13,16-17H2,1-3H3. The molecule has 0 unspecified atom stereocenters. The van der Waals surface area contributed by atoms with Crippen LogP contribution in [0.1, 0.15) is 17.5 Å². The van der Waals surface area contributed by atoms with Gasteiger partial charge in [0.1, 0.15) is 11.5 Å². The van der Waals surface area contributed by atoms with Gasteiger partial charge in [-0.3, -0.25) is 9.59 Å². The Morgan fingerprint density at radius 1 is 0.968 bits per heavy atom. The molecule has 6 nitrogen and oxygen atoms in total. The van der Waals surface area contributed by atoms with Gasteiger partial charge in [0.05, 0.1) is 20.1 Å². The smallest absolute Gasteiger partial charge is 0.309 e. The van der Waals surface area contributed by atoms with E-state index in [1.54, 1.807) is 19.1 Å². The predicted molar refractivity (Wildman–Crippen MR) is 119 cm³/mol. The molecule has 0 saturated heterocycles. The van der Waals surface area contributed by atoms with Crippen LogP contribution in [0.3, 0.4) is 0 Å². The fourth-order valence-electron chi connectivity index (χ4n) is 3.15. The monoisotopic (exact) mass is 421 g/mol. The molecule has 6 heteroatoms. The lowest BCUT2D eigenvalue weighted by molar-refractivity contribution is -0.152. The van der Waals surface area contributed by atoms with Gasteiger partial charge in [-0.05, 0) is 53.1 Å². The number of para-hydroxylation sites is 1. The Labute approximate surface area is 182 Å². The third kappa shape index (κ3) is 6.22. The number of aryl methyl sites for hydroxylation is 1. The van der Waals surface area contributed by atoms with E-state index < -0.39 is 5.97 Å². The second-order valence-electron chi connectivity index (χ2n) is 7.32. The highest BCUT2D eigenvalue weighted by Gasteiger charge is 2.13. The number of methoxy groups -OCH3 is 1. The summed E-state index contributed by atoms with van der Waals surface area (Å²) >= 11 is 0. The molecule has 0 bridgehead atoms. The molecule has 3 aromatic rings. The molecule has 0 N–H and O–H groups in total. The third-order valence-electron chi connectivity index (χ3n) is 4.97. The van der Waals surface area contributed by atoms with Gasteiger partial charge in [0.2, 0.25) is 0 Å². The summed E-state index contributed by atoms with van der Waals surface area (Å²) in [4.78, 5) is 25.8. The number of likely N-dealkylation sites (N-methyl/N-ethyl adjacent to an activating group) is 1. The van der Waals surface area contributed by atoms with Crippen LogP contribution >= 0.6 is 0 Å². The number of hydrogen-bond donors (Lipinski definition) is 0. The van der Waals surface area contributed by atoms with Gasteiger partial charge >= 0.3 is 5.97 Å². The SMILES string of the molecule is COc1ccc2cc(CN(C)C(=O)COC(=O)CCOc3ccccc3C)ccc2c1. The van der Waals surface area contributed by atoms with Crippen LogP contribution in [0.5, 0.6) is 11.5 Å². The van der Waals surface area contributed by atoms with Crippen molar-refractivity contribution in [1.29, 1.82) is 0 Å². The number of ether oxygens (including phenoxy) is 3. The summed E-state index contributed by atoms with van der Waals surface area (Å²) in [5.74, 6) is 0.816. The first-order valence-corrected chi connectivity index (χ1v) is 10.1. The lowest BCUT2D eigenvalue weighted by Crippen LogP contribution is -2.31. The molecule has 0 fully saturated rings. The number of fused-ring (bicyclic) bond motifs is 1. The lowest BCUT2D eigenvalue weighted by Gasteiger charge is -2.17. The van der Waals surface area contributed by atoms with E-state index in [2.05, 4.69) is 0 Å². The molecular formula is C25H27NO5. The number of benzene rings is 3. The van der Waals surface area contributed by atoms with Crippen LogP contribution in [0.25, 0.3) is 10.8 Å². The Morgan fingerprint density at radius 2 is 1.71 bits per heavy atom. The van der Waals surface area contributed by atoms with E-state index in [0.29, 0.717) is 6.54 Å². The van der Waals surface area contributed by atoms with Crippen molar-refractivity contribution in [3.8, 4) is 11.5 Å². The van der Waals surface area contributed by atoms with E-state index in [-0.39, 0.29) is 25.5 Å². The van der Waals surface area contributed by atoms with E-state index in [4.69, 9.17) is 14.2 Å². The minimum absolute atomic E-state index is 0.0828. The van der Waals surface area contributed by atoms with Crippen LogP contribution in [0, 0.1) is 6.92 Å². The summed E-state index contributed by atoms with van der Waals surface area (Å²) in [6, 6.07) is 19.5. The molecule has 3 aromatic carbocycles. The number of hydrogen-bond acceptors (Lipinski definition) is 5. The molecule has 0 heterocycles. The van der Waals surface area contributed by atoms with Crippen LogP contribution in [0.4, 0.5) is 0 Å². The van der Waals surface area contributed by atoms with Crippen LogP contribution in [-0.2, 0) is 20.9 Å². The number of rotatable bonds is 9. The quantitative estimate of drug-likeness (QED) is 0.486. The fourth-order valence-corrected chi connectivity index (χ4v) is 3.15. The number of carbonyl (C=O) groups excluding carboxylic acids is 2. The van der Waals surface area contributed by atoms with Gasteiger partial charge in [-0.25, -0.2) is 0 Å². The summed E-state index contributed by atoms with van der Waals surface area (Å²) in [6.45, 7) is 2.28. The number of carbonyl (C=O) groups is 2. The largest absolute Gasteiger partial charge is 0.497 e. The van der Waals surface area contributed by atoms with Crippen molar-refractivity contribution < 1.29 is 23.8 Å². The summed E-state index contributed by atoms with van der Waals surface area (Å²) in [6.07, 6.45) is 0.0828. The maximum Gasteiger partial charge on any atom is 0.309 e. The van der Waals surface area contributed by atoms with Crippen molar-refractivity contribution in [2.75, 3.05) is 27.4 Å². The molecule has 0 aliphatic carbocycles. The van der Waals surface area contributed by atoms with Gasteiger partial charge in [0.15, 0.2) is 6.61 Å². The summed E-state index contributed by atoms with van der Waals surface area (Å²) in [5.41, 5.74) is 1.99. The first kappa shape index (κ1) is 22.2. The highest BCUT2D eigenvalue weighted by molar-refractivity contribution is 5.85. The number of amides is 1. The van der Waals surface area contributed by atoms with Crippen molar-refractivity contribution >= 4 is 22.6 Å². The molecule has 0 aliphatic heterocycles. The van der Waals surface area contributed by atoms with Crippen LogP contribution in [0.15, 0.2) is 60.7 Å². The lowest BCUT2D eigenvalue weighted by atomic mass is 10.1. The molecule has 0 radical (unpaired) electrons. The van der Waals surface area contributed by atoms with Crippen LogP contribution in [-0.4, -0.2) is 44.1 Å². The highest BCUT2D eigenvalue weighted by atomic mass is 16.5. The van der Waals surface area contributed by atoms with Crippen molar-refractivity contribution in [3.63, 3.8) is 0 Å². The van der Waals surface area contributed by atoms with Gasteiger partial charge in [0.25, 0.3) is 5.91 Å². The number of esters is 1. The summed E-state index contributed by atoms with van der Waals surface area (Å²) in [7, 11) is 3.33. The molecule has 0 spiro atoms. The minimum Gasteiger partial charge on any atom is -0.497 e. The Bertz CT molecular complexity index is 1060. The normalized spacial score (nSPS) is 10.5. The Balaban J connectivity index is 1.44. The Kier molecular flexibility index (Phi) is 7.49. The molecule has 0 saturated carbocycles. The first-order valence-electron chi connectivity index (χ1n) is 10.1. The third-order valence-corrected chi connectivity index (χ3v) is 4.97. The predicted octanol–water partition coefficient (Wildman–Crippen LogP) is 4.13. The average molecular weight is 421 g/mol. The molecular weight excluding hydrogens is 394 g/mol. The molecule has 162 valence electrons. The zero-order valence-corrected chi connectivity index (χ0v) is 18.1. The summed E-state index contributed by atoms with van der Waals surface area (Å²) in [5, 5.41) is 2.14. The molecule has 0 aliphatic rings. The maximum absolute atomic E-state index is 12.3. The minimum atomic E-state index is -0.463. The molecule has 0 atom stereocenters. The molecule has 1 amide bonds. The van der Waals surface area contributed by atoms with Crippen molar-refractivity contribution in [2.45, 2.75) is 19.9 Å².